The number of nitrogens with zero attached hydrogens (tertiary/aromatic N) is 3. The van der Waals surface area contributed by atoms with E-state index in [2.05, 4.69) is 15.3 Å². The summed E-state index contributed by atoms with van der Waals surface area (Å²) >= 11 is 7.01. The number of carboxylic acids is 1. The number of halogens is 5. The summed E-state index contributed by atoms with van der Waals surface area (Å²) < 4.78 is 64.1. The largest absolute Gasteiger partial charge is 0.478 e. The molecule has 2 aliphatic rings. The molecule has 3 heterocycles. The van der Waals surface area contributed by atoms with Gasteiger partial charge in [-0.25, -0.2) is 19.0 Å². The van der Waals surface area contributed by atoms with Crippen LogP contribution in [0.4, 0.5) is 17.6 Å². The van der Waals surface area contributed by atoms with E-state index in [4.69, 9.17) is 26.2 Å². The van der Waals surface area contributed by atoms with E-state index >= 15 is 0 Å². The molecule has 208 valence electrons. The van der Waals surface area contributed by atoms with E-state index in [1.54, 1.807) is 0 Å². The number of carbonyl (C=O) groups excluding carboxylic acids is 1. The first-order valence-corrected chi connectivity index (χ1v) is 12.6. The molecule has 39 heavy (non-hydrogen) atoms. The van der Waals surface area contributed by atoms with Crippen LogP contribution in [-0.4, -0.2) is 72.2 Å². The van der Waals surface area contributed by atoms with Crippen molar-refractivity contribution in [2.45, 2.75) is 18.3 Å². The number of aliphatic carboxylic acids is 1. The van der Waals surface area contributed by atoms with Crippen LogP contribution in [0.5, 0.6) is 0 Å². The van der Waals surface area contributed by atoms with Gasteiger partial charge < -0.3 is 19.9 Å². The minimum atomic E-state index is -4.67. The summed E-state index contributed by atoms with van der Waals surface area (Å²) in [6, 6.07) is 2.34. The molecule has 0 spiro atoms. The maximum atomic E-state index is 13.8. The number of thiazole rings is 1. The summed E-state index contributed by atoms with van der Waals surface area (Å²) in [6.45, 7) is 0.983. The van der Waals surface area contributed by atoms with Crippen molar-refractivity contribution in [1.82, 2.24) is 15.2 Å². The van der Waals surface area contributed by atoms with Gasteiger partial charge in [0.1, 0.15) is 11.9 Å². The molecule has 2 aliphatic heterocycles. The highest BCUT2D eigenvalue weighted by atomic mass is 35.5. The molecule has 2 unspecified atom stereocenters. The number of ether oxygens (including phenoxy) is 2. The fourth-order valence-electron chi connectivity index (χ4n) is 4.05. The van der Waals surface area contributed by atoms with Gasteiger partial charge in [-0.15, -0.1) is 11.3 Å². The van der Waals surface area contributed by atoms with E-state index in [-0.39, 0.29) is 52.4 Å². The van der Waals surface area contributed by atoms with Crippen molar-refractivity contribution in [3.63, 3.8) is 0 Å². The maximum Gasteiger partial charge on any atom is 0.434 e. The minimum absolute atomic E-state index is 0.0199. The molecule has 1 aromatic carbocycles. The summed E-state index contributed by atoms with van der Waals surface area (Å²) in [7, 11) is 1.16. The highest BCUT2D eigenvalue weighted by Gasteiger charge is 2.37. The number of amidine groups is 1. The molecule has 2 atom stereocenters. The van der Waals surface area contributed by atoms with Gasteiger partial charge in [0.25, 0.3) is 0 Å². The third kappa shape index (κ3) is 6.82. The highest BCUT2D eigenvalue weighted by molar-refractivity contribution is 7.11. The van der Waals surface area contributed by atoms with Crippen LogP contribution >= 0.6 is 22.9 Å². The molecular formula is C24H21ClF4N4O5S. The molecule has 2 N–H and O–H groups in total. The smallest absolute Gasteiger partial charge is 0.434 e. The lowest BCUT2D eigenvalue weighted by molar-refractivity contribution is -0.140. The SMILES string of the molecule is COC(=O)C1=C(CN2CCOC(/C=C/C(=O)O)C2)NC(c2nc(C(F)(F)F)cs2)=NC1c1ccc(F)cc1Cl. The van der Waals surface area contributed by atoms with E-state index in [0.717, 1.165) is 30.7 Å². The summed E-state index contributed by atoms with van der Waals surface area (Å²) in [6.07, 6.45) is -2.87. The molecule has 0 radical (unpaired) electrons. The molecular weight excluding hydrogens is 568 g/mol. The van der Waals surface area contributed by atoms with Gasteiger partial charge in [-0.1, -0.05) is 17.7 Å². The Labute approximate surface area is 228 Å². The first-order chi connectivity index (χ1) is 18.5. The standard InChI is InChI=1S/C24H21ClF4N4O5S/c1-37-23(36)19-16(10-33-6-7-38-13(9-33)3-5-18(34)35)30-21(22-31-17(11-39-22)24(27,28)29)32-20(19)14-4-2-12(26)8-15(14)25/h2-5,8,11,13,20H,6-7,9-10H2,1H3,(H,30,32)(H,34,35)/b5-3+. The summed E-state index contributed by atoms with van der Waals surface area (Å²) in [5.74, 6) is -2.59. The molecule has 2 aromatic rings. The van der Waals surface area contributed by atoms with Gasteiger partial charge in [0.05, 0.1) is 25.4 Å². The zero-order valence-electron chi connectivity index (χ0n) is 20.2. The monoisotopic (exact) mass is 588 g/mol. The second-order valence-corrected chi connectivity index (χ2v) is 9.70. The van der Waals surface area contributed by atoms with Crippen LogP contribution in [0.3, 0.4) is 0 Å². The second-order valence-electron chi connectivity index (χ2n) is 8.43. The van der Waals surface area contributed by atoms with Crippen LogP contribution < -0.4 is 5.32 Å². The fraction of sp³-hybridized carbons (Fsp3) is 0.333. The van der Waals surface area contributed by atoms with E-state index in [1.807, 2.05) is 4.90 Å². The van der Waals surface area contributed by atoms with Gasteiger partial charge in [-0.3, -0.25) is 9.89 Å². The Morgan fingerprint density at radius 2 is 2.15 bits per heavy atom. The van der Waals surface area contributed by atoms with Gasteiger partial charge >= 0.3 is 18.1 Å². The van der Waals surface area contributed by atoms with Crippen LogP contribution in [0.15, 0.2) is 52.0 Å². The number of esters is 1. The van der Waals surface area contributed by atoms with Gasteiger partial charge in [0, 0.05) is 47.4 Å². The lowest BCUT2D eigenvalue weighted by Crippen LogP contribution is -2.46. The average molecular weight is 589 g/mol. The van der Waals surface area contributed by atoms with E-state index in [1.165, 1.54) is 12.1 Å². The summed E-state index contributed by atoms with van der Waals surface area (Å²) in [5, 5.41) is 12.6. The Balaban J connectivity index is 1.77. The predicted octanol–water partition coefficient (Wildman–Crippen LogP) is 3.81. The van der Waals surface area contributed by atoms with Crippen LogP contribution in [0.1, 0.15) is 22.3 Å². The third-order valence-corrected chi connectivity index (χ3v) is 6.97. The zero-order valence-corrected chi connectivity index (χ0v) is 21.7. The van der Waals surface area contributed by atoms with Gasteiger partial charge in [-0.2, -0.15) is 13.2 Å². The zero-order chi connectivity index (χ0) is 28.3. The Hall–Kier alpha value is -3.33. The van der Waals surface area contributed by atoms with Crippen molar-refractivity contribution < 1.29 is 41.7 Å². The second kappa shape index (κ2) is 11.8. The number of benzene rings is 1. The van der Waals surface area contributed by atoms with Crippen LogP contribution in [-0.2, 0) is 25.2 Å². The molecule has 0 amide bonds. The third-order valence-electron chi connectivity index (χ3n) is 5.80. The number of morpholine rings is 1. The normalized spacial score (nSPS) is 20.6. The average Bonchev–Trinajstić information content (AvgIpc) is 3.38. The van der Waals surface area contributed by atoms with E-state index < -0.39 is 41.8 Å². The van der Waals surface area contributed by atoms with Crippen molar-refractivity contribution in [2.24, 2.45) is 4.99 Å². The minimum Gasteiger partial charge on any atom is -0.478 e. The molecule has 15 heteroatoms. The molecule has 1 saturated heterocycles. The quantitative estimate of drug-likeness (QED) is 0.285. The molecule has 1 fully saturated rings. The first-order valence-electron chi connectivity index (χ1n) is 11.4. The number of rotatable bonds is 7. The molecule has 1 aromatic heterocycles. The van der Waals surface area contributed by atoms with Crippen molar-refractivity contribution in [2.75, 3.05) is 33.4 Å². The Kier molecular flexibility index (Phi) is 8.69. The summed E-state index contributed by atoms with van der Waals surface area (Å²) in [4.78, 5) is 33.9. The van der Waals surface area contributed by atoms with Crippen molar-refractivity contribution >= 4 is 40.7 Å². The van der Waals surface area contributed by atoms with Crippen LogP contribution in [0, 0.1) is 5.82 Å². The molecule has 0 aliphatic carbocycles. The number of hydrogen-bond donors (Lipinski definition) is 2. The number of alkyl halides is 3. The molecule has 0 bridgehead atoms. The van der Waals surface area contributed by atoms with Crippen molar-refractivity contribution in [3.05, 3.63) is 74.1 Å². The van der Waals surface area contributed by atoms with Gasteiger partial charge in [-0.05, 0) is 18.2 Å². The topological polar surface area (TPSA) is 113 Å². The van der Waals surface area contributed by atoms with Crippen molar-refractivity contribution in [1.29, 1.82) is 0 Å². The number of carboxylic acid groups (broad SMARTS) is 1. The van der Waals surface area contributed by atoms with Crippen LogP contribution in [0.25, 0.3) is 0 Å². The van der Waals surface area contributed by atoms with E-state index in [0.29, 0.717) is 17.9 Å². The molecule has 9 nitrogen and oxygen atoms in total. The number of nitrogens with one attached hydrogen (secondary N) is 1. The number of methoxy groups -OCH3 is 1. The van der Waals surface area contributed by atoms with E-state index in [9.17, 15) is 27.2 Å². The fourth-order valence-corrected chi connectivity index (χ4v) is 5.09. The maximum absolute atomic E-state index is 13.8. The number of carbonyl (C=O) groups is 2. The van der Waals surface area contributed by atoms with Crippen LogP contribution in [0.2, 0.25) is 5.02 Å². The molecule has 4 rings (SSSR count). The number of aliphatic imine (C=N–C) groups is 1. The Morgan fingerprint density at radius 3 is 2.79 bits per heavy atom. The Bertz CT molecular complexity index is 1360. The first kappa shape index (κ1) is 28.7. The van der Waals surface area contributed by atoms with Crippen molar-refractivity contribution in [3.8, 4) is 0 Å². The number of hydrogen-bond acceptors (Lipinski definition) is 9. The molecule has 0 saturated carbocycles. The lowest BCUT2D eigenvalue weighted by atomic mass is 9.95. The lowest BCUT2D eigenvalue weighted by Gasteiger charge is -2.34. The van der Waals surface area contributed by atoms with Gasteiger partial charge in [0.15, 0.2) is 16.5 Å². The number of aromatic nitrogens is 1. The predicted molar refractivity (Wildman–Crippen MR) is 133 cm³/mol. The summed E-state index contributed by atoms with van der Waals surface area (Å²) in [5.41, 5.74) is -0.601. The highest BCUT2D eigenvalue weighted by Crippen LogP contribution is 2.37. The van der Waals surface area contributed by atoms with Gasteiger partial charge in [0.2, 0.25) is 0 Å². The Morgan fingerprint density at radius 1 is 1.38 bits per heavy atom.